The number of amides is 1. The Balaban J connectivity index is 2.69. The fourth-order valence-corrected chi connectivity index (χ4v) is 1.87. The van der Waals surface area contributed by atoms with E-state index in [2.05, 4.69) is 0 Å². The Kier molecular flexibility index (Phi) is 4.11. The molecule has 1 aromatic rings. The van der Waals surface area contributed by atoms with Crippen LogP contribution < -0.4 is 5.32 Å². The minimum Gasteiger partial charge on any atom is -0.479 e. The van der Waals surface area contributed by atoms with Gasteiger partial charge in [0.2, 0.25) is 5.91 Å². The van der Waals surface area contributed by atoms with Crippen molar-refractivity contribution in [1.29, 1.82) is 0 Å². The van der Waals surface area contributed by atoms with Gasteiger partial charge in [-0.25, -0.2) is 4.79 Å². The van der Waals surface area contributed by atoms with Gasteiger partial charge in [-0.15, -0.1) is 11.3 Å². The zero-order chi connectivity index (χ0) is 13.1. The molecular weight excluding hydrogens is 259 g/mol. The van der Waals surface area contributed by atoms with Crippen LogP contribution >= 0.6 is 11.3 Å². The fraction of sp³-hybridized carbons (Fsp3) is 0.333. The Morgan fingerprint density at radius 3 is 2.53 bits per heavy atom. The molecule has 0 aliphatic carbocycles. The van der Waals surface area contributed by atoms with Crippen molar-refractivity contribution in [3.63, 3.8) is 0 Å². The molecule has 0 aliphatic rings. The lowest BCUT2D eigenvalue weighted by molar-refractivity contribution is -0.156. The van der Waals surface area contributed by atoms with Crippen LogP contribution in [0.15, 0.2) is 17.5 Å². The molecular formula is C9H8F3NO3S. The summed E-state index contributed by atoms with van der Waals surface area (Å²) >= 11 is 1.04. The lowest BCUT2D eigenvalue weighted by Crippen LogP contribution is -2.35. The molecule has 2 N–H and O–H groups in total. The van der Waals surface area contributed by atoms with Gasteiger partial charge < -0.3 is 10.4 Å². The van der Waals surface area contributed by atoms with Crippen molar-refractivity contribution in [3.8, 4) is 0 Å². The zero-order valence-corrected chi connectivity index (χ0v) is 9.14. The van der Waals surface area contributed by atoms with Crippen LogP contribution in [0.5, 0.6) is 0 Å². The summed E-state index contributed by atoms with van der Waals surface area (Å²) < 4.78 is 35.7. The summed E-state index contributed by atoms with van der Waals surface area (Å²) in [6.07, 6.45) is -6.34. The zero-order valence-electron chi connectivity index (χ0n) is 8.32. The first kappa shape index (κ1) is 13.5. The van der Waals surface area contributed by atoms with Gasteiger partial charge in [-0.1, -0.05) is 6.07 Å². The number of hydrogen-bond acceptors (Lipinski definition) is 3. The highest BCUT2D eigenvalue weighted by atomic mass is 32.1. The standard InChI is InChI=1S/C9H8F3NO3S/c10-9(11,12)4-6(14)13-7(8(15)16)5-2-1-3-17-5/h1-3,7H,4H2,(H,13,14)(H,15,16). The SMILES string of the molecule is O=C(CC(F)(F)F)NC(C(=O)O)c1cccs1. The van der Waals surface area contributed by atoms with E-state index >= 15 is 0 Å². The molecule has 1 aromatic heterocycles. The molecule has 1 atom stereocenters. The molecule has 0 saturated heterocycles. The number of alkyl halides is 3. The van der Waals surface area contributed by atoms with Crippen molar-refractivity contribution in [1.82, 2.24) is 5.32 Å². The maximum absolute atomic E-state index is 11.9. The summed E-state index contributed by atoms with van der Waals surface area (Å²) in [6, 6.07) is 1.54. The largest absolute Gasteiger partial charge is 0.479 e. The van der Waals surface area contributed by atoms with Crippen molar-refractivity contribution in [2.45, 2.75) is 18.6 Å². The van der Waals surface area contributed by atoms with Gasteiger partial charge in [0.05, 0.1) is 0 Å². The van der Waals surface area contributed by atoms with E-state index < -0.39 is 30.5 Å². The maximum Gasteiger partial charge on any atom is 0.397 e. The first-order valence-electron chi connectivity index (χ1n) is 4.42. The van der Waals surface area contributed by atoms with Gasteiger partial charge in [-0.2, -0.15) is 13.2 Å². The van der Waals surface area contributed by atoms with E-state index in [4.69, 9.17) is 5.11 Å². The molecule has 1 amide bonds. The van der Waals surface area contributed by atoms with Gasteiger partial charge in [0.15, 0.2) is 6.04 Å². The number of carbonyl (C=O) groups excluding carboxylic acids is 1. The summed E-state index contributed by atoms with van der Waals surface area (Å²) in [7, 11) is 0. The van der Waals surface area contributed by atoms with Crippen molar-refractivity contribution < 1.29 is 27.9 Å². The molecule has 0 radical (unpaired) electrons. The summed E-state index contributed by atoms with van der Waals surface area (Å²) in [5.74, 6) is -2.76. The Morgan fingerprint density at radius 1 is 1.47 bits per heavy atom. The number of thiophene rings is 1. The van der Waals surface area contributed by atoms with Crippen LogP contribution in [0.2, 0.25) is 0 Å². The van der Waals surface area contributed by atoms with E-state index in [-0.39, 0.29) is 4.88 Å². The highest BCUT2D eigenvalue weighted by Crippen LogP contribution is 2.22. The van der Waals surface area contributed by atoms with Crippen LogP contribution in [-0.2, 0) is 9.59 Å². The van der Waals surface area contributed by atoms with Crippen molar-refractivity contribution >= 4 is 23.2 Å². The van der Waals surface area contributed by atoms with Crippen LogP contribution in [0.25, 0.3) is 0 Å². The minimum absolute atomic E-state index is 0.271. The van der Waals surface area contributed by atoms with Crippen molar-refractivity contribution in [2.75, 3.05) is 0 Å². The Labute approximate surface area is 98.1 Å². The Hall–Kier alpha value is -1.57. The molecule has 1 rings (SSSR count). The number of carbonyl (C=O) groups is 2. The molecule has 94 valence electrons. The van der Waals surface area contributed by atoms with Gasteiger partial charge in [0, 0.05) is 4.88 Å². The lowest BCUT2D eigenvalue weighted by Gasteiger charge is -2.13. The third-order valence-electron chi connectivity index (χ3n) is 1.74. The van der Waals surface area contributed by atoms with Crippen LogP contribution in [0.3, 0.4) is 0 Å². The van der Waals surface area contributed by atoms with Gasteiger partial charge in [-0.3, -0.25) is 4.79 Å². The topological polar surface area (TPSA) is 66.4 Å². The van der Waals surface area contributed by atoms with Gasteiger partial charge in [-0.05, 0) is 11.4 Å². The number of carboxylic acids is 1. The number of halogens is 3. The van der Waals surface area contributed by atoms with E-state index in [1.54, 1.807) is 11.4 Å². The Bertz CT molecular complexity index is 402. The summed E-state index contributed by atoms with van der Waals surface area (Å²) in [5.41, 5.74) is 0. The molecule has 1 unspecified atom stereocenters. The van der Waals surface area contributed by atoms with Crippen LogP contribution in [0.4, 0.5) is 13.2 Å². The highest BCUT2D eigenvalue weighted by molar-refractivity contribution is 7.10. The minimum atomic E-state index is -4.65. The predicted octanol–water partition coefficient (Wildman–Crippen LogP) is 1.94. The molecule has 0 saturated carbocycles. The molecule has 0 aliphatic heterocycles. The second kappa shape index (κ2) is 5.17. The van der Waals surface area contributed by atoms with E-state index in [0.29, 0.717) is 0 Å². The van der Waals surface area contributed by atoms with E-state index in [1.165, 1.54) is 6.07 Å². The van der Waals surface area contributed by atoms with E-state index in [0.717, 1.165) is 11.3 Å². The number of carboxylic acid groups (broad SMARTS) is 1. The normalized spacial score (nSPS) is 13.1. The molecule has 0 bridgehead atoms. The van der Waals surface area contributed by atoms with E-state index in [1.807, 2.05) is 5.32 Å². The number of hydrogen-bond donors (Lipinski definition) is 2. The maximum atomic E-state index is 11.9. The quantitative estimate of drug-likeness (QED) is 0.876. The third kappa shape index (κ3) is 4.43. The van der Waals surface area contributed by atoms with Crippen LogP contribution in [0.1, 0.15) is 17.3 Å². The second-order valence-corrected chi connectivity index (χ2v) is 4.13. The highest BCUT2D eigenvalue weighted by Gasteiger charge is 2.33. The smallest absolute Gasteiger partial charge is 0.397 e. The van der Waals surface area contributed by atoms with Gasteiger partial charge in [0.25, 0.3) is 0 Å². The summed E-state index contributed by atoms with van der Waals surface area (Å²) in [4.78, 5) is 22.1. The van der Waals surface area contributed by atoms with Crippen molar-refractivity contribution in [2.24, 2.45) is 0 Å². The average molecular weight is 267 g/mol. The Morgan fingerprint density at radius 2 is 2.12 bits per heavy atom. The van der Waals surface area contributed by atoms with Crippen molar-refractivity contribution in [3.05, 3.63) is 22.4 Å². The predicted molar refractivity (Wildman–Crippen MR) is 53.5 cm³/mol. The molecule has 0 spiro atoms. The number of rotatable bonds is 4. The summed E-state index contributed by atoms with van der Waals surface area (Å²) in [5, 5.41) is 12.2. The lowest BCUT2D eigenvalue weighted by atomic mass is 10.2. The molecule has 4 nitrogen and oxygen atoms in total. The number of nitrogens with one attached hydrogen (secondary N) is 1. The molecule has 0 fully saturated rings. The van der Waals surface area contributed by atoms with Crippen LogP contribution in [-0.4, -0.2) is 23.2 Å². The average Bonchev–Trinajstić information content (AvgIpc) is 2.63. The van der Waals surface area contributed by atoms with Gasteiger partial charge >= 0.3 is 12.1 Å². The van der Waals surface area contributed by atoms with E-state index in [9.17, 15) is 22.8 Å². The second-order valence-electron chi connectivity index (χ2n) is 3.15. The summed E-state index contributed by atoms with van der Waals surface area (Å²) in [6.45, 7) is 0. The molecule has 1 heterocycles. The molecule has 0 aromatic carbocycles. The third-order valence-corrected chi connectivity index (χ3v) is 2.68. The van der Waals surface area contributed by atoms with Crippen LogP contribution in [0, 0.1) is 0 Å². The molecule has 8 heteroatoms. The molecule has 17 heavy (non-hydrogen) atoms. The van der Waals surface area contributed by atoms with Gasteiger partial charge in [0.1, 0.15) is 6.42 Å². The fourth-order valence-electron chi connectivity index (χ4n) is 1.10. The number of aliphatic carboxylic acids is 1. The first-order valence-corrected chi connectivity index (χ1v) is 5.30. The monoisotopic (exact) mass is 267 g/mol. The first-order chi connectivity index (χ1) is 7.79.